The van der Waals surface area contributed by atoms with Crippen molar-refractivity contribution in [2.45, 2.75) is 0 Å². The third-order valence-electron chi connectivity index (χ3n) is 1.61. The number of rotatable bonds is 1. The van der Waals surface area contributed by atoms with E-state index in [1.165, 1.54) is 0 Å². The summed E-state index contributed by atoms with van der Waals surface area (Å²) >= 11 is 0. The van der Waals surface area contributed by atoms with Gasteiger partial charge in [0, 0.05) is 7.05 Å². The second-order valence-corrected chi connectivity index (χ2v) is 2.39. The largest absolute Gasteiger partial charge is 0.356 e. The van der Waals surface area contributed by atoms with Crippen LogP contribution in [-0.2, 0) is 0 Å². The van der Waals surface area contributed by atoms with Gasteiger partial charge in [-0.3, -0.25) is 14.8 Å². The van der Waals surface area contributed by atoms with Crippen LogP contribution in [0.1, 0.15) is 0 Å². The number of nitrogens with zero attached hydrogens (tertiary/aromatic N) is 1. The molecule has 0 atom stereocenters. The summed E-state index contributed by atoms with van der Waals surface area (Å²) in [7, 11) is 1.59. The molecule has 2 aromatic rings. The first-order valence-corrected chi connectivity index (χ1v) is 3.52. The van der Waals surface area contributed by atoms with Crippen LogP contribution in [0.25, 0.3) is 11.0 Å². The summed E-state index contributed by atoms with van der Waals surface area (Å²) in [4.78, 5) is 26.4. The molecule has 2 aromatic heterocycles. The predicted molar refractivity (Wildman–Crippen MR) is 44.8 cm³/mol. The highest BCUT2D eigenvalue weighted by atomic mass is 16.5. The molecule has 0 spiro atoms. The highest BCUT2D eigenvalue weighted by molar-refractivity contribution is 5.84. The lowest BCUT2D eigenvalue weighted by Crippen LogP contribution is -2.21. The molecule has 0 aliphatic carbocycles. The van der Waals surface area contributed by atoms with Crippen LogP contribution in [0.2, 0.25) is 0 Å². The number of aromatic nitrogens is 3. The van der Waals surface area contributed by atoms with E-state index in [1.807, 2.05) is 0 Å². The normalized spacial score (nSPS) is 10.5. The van der Waals surface area contributed by atoms with Gasteiger partial charge in [-0.1, -0.05) is 5.16 Å². The van der Waals surface area contributed by atoms with Crippen molar-refractivity contribution < 1.29 is 4.52 Å². The monoisotopic (exact) mass is 182 g/mol. The third-order valence-corrected chi connectivity index (χ3v) is 1.61. The maximum absolute atomic E-state index is 11.2. The van der Waals surface area contributed by atoms with Gasteiger partial charge < -0.3 is 9.84 Å². The Balaban J connectivity index is 2.99. The fourth-order valence-electron chi connectivity index (χ4n) is 1.06. The van der Waals surface area contributed by atoms with Gasteiger partial charge in [0.05, 0.1) is 0 Å². The van der Waals surface area contributed by atoms with E-state index in [2.05, 4.69) is 20.4 Å². The first kappa shape index (κ1) is 7.59. The first-order chi connectivity index (χ1) is 6.22. The lowest BCUT2D eigenvalue weighted by atomic mass is 10.4. The second kappa shape index (κ2) is 2.47. The van der Waals surface area contributed by atoms with Crippen molar-refractivity contribution in [2.75, 3.05) is 12.4 Å². The minimum Gasteiger partial charge on any atom is -0.356 e. The van der Waals surface area contributed by atoms with Crippen molar-refractivity contribution in [1.29, 1.82) is 0 Å². The van der Waals surface area contributed by atoms with E-state index in [0.717, 1.165) is 0 Å². The Hall–Kier alpha value is -2.05. The van der Waals surface area contributed by atoms with Crippen LogP contribution in [0.5, 0.6) is 0 Å². The van der Waals surface area contributed by atoms with Crippen LogP contribution in [0.4, 0.5) is 5.88 Å². The first-order valence-electron chi connectivity index (χ1n) is 3.52. The van der Waals surface area contributed by atoms with Gasteiger partial charge in [0.1, 0.15) is 5.39 Å². The molecule has 68 valence electrons. The lowest BCUT2D eigenvalue weighted by Gasteiger charge is -1.89. The predicted octanol–water partition coefficient (Wildman–Crippen LogP) is -0.754. The number of nitrogens with one attached hydrogen (secondary N) is 3. The average Bonchev–Trinajstić information content (AvgIpc) is 2.47. The standard InChI is InChI=1S/C6H6N4O3/c1-7-5-2-3(10-13-5)8-6(12)9-4(2)11/h7H,1H3,(H2,8,9,10,11,12). The maximum atomic E-state index is 11.2. The van der Waals surface area contributed by atoms with Gasteiger partial charge in [-0.2, -0.15) is 0 Å². The van der Waals surface area contributed by atoms with Crippen molar-refractivity contribution in [2.24, 2.45) is 0 Å². The molecule has 7 heteroatoms. The molecule has 0 radical (unpaired) electrons. The maximum Gasteiger partial charge on any atom is 0.327 e. The second-order valence-electron chi connectivity index (χ2n) is 2.39. The van der Waals surface area contributed by atoms with Crippen molar-refractivity contribution >= 4 is 16.9 Å². The van der Waals surface area contributed by atoms with Gasteiger partial charge >= 0.3 is 5.69 Å². The lowest BCUT2D eigenvalue weighted by molar-refractivity contribution is 0.441. The summed E-state index contributed by atoms with van der Waals surface area (Å²) in [6, 6.07) is 0. The molecular weight excluding hydrogens is 176 g/mol. The van der Waals surface area contributed by atoms with Crippen LogP contribution >= 0.6 is 0 Å². The van der Waals surface area contributed by atoms with Gasteiger partial charge in [0.25, 0.3) is 5.56 Å². The topological polar surface area (TPSA) is 104 Å². The van der Waals surface area contributed by atoms with Crippen molar-refractivity contribution in [3.05, 3.63) is 20.8 Å². The Labute approximate surface area is 70.8 Å². The fraction of sp³-hybridized carbons (Fsp3) is 0.167. The Bertz CT molecular complexity index is 549. The van der Waals surface area contributed by atoms with Crippen LogP contribution in [0.15, 0.2) is 14.1 Å². The number of fused-ring (bicyclic) bond motifs is 1. The smallest absolute Gasteiger partial charge is 0.327 e. The summed E-state index contributed by atoms with van der Waals surface area (Å²) in [6.07, 6.45) is 0. The van der Waals surface area contributed by atoms with E-state index in [4.69, 9.17) is 4.52 Å². The molecule has 0 aliphatic rings. The zero-order chi connectivity index (χ0) is 9.42. The average molecular weight is 182 g/mol. The van der Waals surface area contributed by atoms with Gasteiger partial charge in [-0.15, -0.1) is 0 Å². The molecule has 0 saturated heterocycles. The molecule has 0 aliphatic heterocycles. The summed E-state index contributed by atoms with van der Waals surface area (Å²) in [5.41, 5.74) is -0.990. The summed E-state index contributed by atoms with van der Waals surface area (Å²) in [6.45, 7) is 0. The van der Waals surface area contributed by atoms with Crippen LogP contribution in [0, 0.1) is 0 Å². The zero-order valence-corrected chi connectivity index (χ0v) is 6.67. The molecule has 7 nitrogen and oxygen atoms in total. The number of hydrogen-bond donors (Lipinski definition) is 3. The van der Waals surface area contributed by atoms with Gasteiger partial charge in [-0.05, 0) is 0 Å². The molecule has 0 bridgehead atoms. The van der Waals surface area contributed by atoms with Crippen LogP contribution in [-0.4, -0.2) is 22.2 Å². The molecular formula is C6H6N4O3. The van der Waals surface area contributed by atoms with E-state index < -0.39 is 11.2 Å². The highest BCUT2D eigenvalue weighted by Gasteiger charge is 2.11. The summed E-state index contributed by atoms with van der Waals surface area (Å²) in [5, 5.41) is 6.35. The third kappa shape index (κ3) is 1.01. The van der Waals surface area contributed by atoms with Gasteiger partial charge in [-0.25, -0.2) is 4.79 Å². The van der Waals surface area contributed by atoms with E-state index in [1.54, 1.807) is 7.05 Å². The molecule has 13 heavy (non-hydrogen) atoms. The highest BCUT2D eigenvalue weighted by Crippen LogP contribution is 2.14. The SMILES string of the molecule is CNc1onc2[nH]c(=O)[nH]c(=O)c12. The molecule has 2 rings (SSSR count). The van der Waals surface area contributed by atoms with E-state index in [-0.39, 0.29) is 16.9 Å². The molecule has 0 amide bonds. The Morgan fingerprint density at radius 2 is 2.15 bits per heavy atom. The fourth-order valence-corrected chi connectivity index (χ4v) is 1.06. The number of H-pyrrole nitrogens is 2. The molecule has 3 N–H and O–H groups in total. The Morgan fingerprint density at radius 1 is 1.38 bits per heavy atom. The van der Waals surface area contributed by atoms with Gasteiger partial charge in [0.15, 0.2) is 5.65 Å². The minimum absolute atomic E-state index is 0.137. The van der Waals surface area contributed by atoms with Crippen LogP contribution in [0.3, 0.4) is 0 Å². The summed E-state index contributed by atoms with van der Waals surface area (Å²) in [5.74, 6) is 0.229. The minimum atomic E-state index is -0.603. The zero-order valence-electron chi connectivity index (χ0n) is 6.67. The summed E-state index contributed by atoms with van der Waals surface area (Å²) < 4.78 is 4.75. The van der Waals surface area contributed by atoms with Crippen molar-refractivity contribution in [3.63, 3.8) is 0 Å². The number of aromatic amines is 2. The molecule has 0 aromatic carbocycles. The van der Waals surface area contributed by atoms with Crippen molar-refractivity contribution in [1.82, 2.24) is 15.1 Å². The van der Waals surface area contributed by atoms with E-state index >= 15 is 0 Å². The quantitative estimate of drug-likeness (QED) is 0.538. The Morgan fingerprint density at radius 3 is 2.85 bits per heavy atom. The molecule has 0 saturated carbocycles. The molecule has 2 heterocycles. The molecule has 0 fully saturated rings. The van der Waals surface area contributed by atoms with Crippen molar-refractivity contribution in [3.8, 4) is 0 Å². The number of anilines is 1. The molecule has 0 unspecified atom stereocenters. The van der Waals surface area contributed by atoms with Gasteiger partial charge in [0.2, 0.25) is 5.88 Å². The Kier molecular flexibility index (Phi) is 1.44. The van der Waals surface area contributed by atoms with E-state index in [0.29, 0.717) is 0 Å². The number of hydrogen-bond acceptors (Lipinski definition) is 5. The van der Waals surface area contributed by atoms with E-state index in [9.17, 15) is 9.59 Å². The van der Waals surface area contributed by atoms with Crippen LogP contribution < -0.4 is 16.6 Å².